The maximum absolute atomic E-state index is 10.7. The molecule has 0 fully saturated rings. The summed E-state index contributed by atoms with van der Waals surface area (Å²) in [6.45, 7) is 0. The smallest absolute Gasteiger partial charge is 0.339 e. The van der Waals surface area contributed by atoms with Crippen molar-refractivity contribution in [3.05, 3.63) is 18.2 Å². The Bertz CT molecular complexity index is 477. The van der Waals surface area contributed by atoms with Crippen molar-refractivity contribution in [1.82, 2.24) is 9.97 Å². The largest absolute Gasteiger partial charge is 0.478 e. The summed E-state index contributed by atoms with van der Waals surface area (Å²) in [4.78, 5) is 18.0. The summed E-state index contributed by atoms with van der Waals surface area (Å²) in [5, 5.41) is 8.97. The number of furan rings is 1. The molecule has 0 aliphatic rings. The second-order valence-electron chi connectivity index (χ2n) is 2.39. The van der Waals surface area contributed by atoms with Crippen molar-refractivity contribution in [3.63, 3.8) is 0 Å². The molecular weight excluding hydrogens is 174 g/mol. The van der Waals surface area contributed by atoms with Gasteiger partial charge >= 0.3 is 5.97 Å². The molecule has 2 aromatic heterocycles. The van der Waals surface area contributed by atoms with Gasteiger partial charge in [0.25, 0.3) is 0 Å². The highest BCUT2D eigenvalue weighted by Gasteiger charge is 2.15. The molecule has 0 unspecified atom stereocenters. The number of nitrogens with two attached hydrogens (primary N) is 1. The van der Waals surface area contributed by atoms with Crippen molar-refractivity contribution in [2.45, 2.75) is 0 Å². The standard InChI is InChI=1S/C7H5N3O3/c8-5-4-3(7(11)12)1-13-6(4)10-2-9-5/h1-2H,(H,11,12)(H2,8,9,10). The third kappa shape index (κ3) is 0.994. The Balaban J connectivity index is 2.86. The van der Waals surface area contributed by atoms with E-state index in [2.05, 4.69) is 9.97 Å². The molecule has 0 radical (unpaired) electrons. The summed E-state index contributed by atoms with van der Waals surface area (Å²) in [5.41, 5.74) is 5.63. The molecule has 0 aromatic carbocycles. The lowest BCUT2D eigenvalue weighted by atomic mass is 10.2. The van der Waals surface area contributed by atoms with Gasteiger partial charge in [-0.25, -0.2) is 14.8 Å². The quantitative estimate of drug-likeness (QED) is 0.660. The molecule has 66 valence electrons. The first-order valence-corrected chi connectivity index (χ1v) is 3.41. The second kappa shape index (κ2) is 2.44. The maximum atomic E-state index is 10.7. The summed E-state index contributed by atoms with van der Waals surface area (Å²) in [6.07, 6.45) is 2.31. The zero-order chi connectivity index (χ0) is 9.42. The number of aromatic carboxylic acids is 1. The molecule has 0 saturated heterocycles. The van der Waals surface area contributed by atoms with Crippen LogP contribution < -0.4 is 5.73 Å². The number of nitrogen functional groups attached to an aromatic ring is 1. The van der Waals surface area contributed by atoms with Crippen LogP contribution in [0.4, 0.5) is 5.82 Å². The average Bonchev–Trinajstić information content (AvgIpc) is 2.49. The maximum Gasteiger partial charge on any atom is 0.339 e. The third-order valence-corrected chi connectivity index (χ3v) is 1.63. The summed E-state index contributed by atoms with van der Waals surface area (Å²) in [6, 6.07) is 0. The third-order valence-electron chi connectivity index (χ3n) is 1.63. The molecule has 2 rings (SSSR count). The normalized spacial score (nSPS) is 10.5. The SMILES string of the molecule is Nc1ncnc2occ(C(=O)O)c12. The minimum absolute atomic E-state index is 0.0203. The summed E-state index contributed by atoms with van der Waals surface area (Å²) >= 11 is 0. The van der Waals surface area contributed by atoms with Crippen LogP contribution in [0.5, 0.6) is 0 Å². The number of carbonyl (C=O) groups is 1. The molecule has 13 heavy (non-hydrogen) atoms. The van der Waals surface area contributed by atoms with E-state index in [0.717, 1.165) is 6.26 Å². The van der Waals surface area contributed by atoms with E-state index in [4.69, 9.17) is 15.3 Å². The van der Waals surface area contributed by atoms with Crippen LogP contribution in [0.3, 0.4) is 0 Å². The Hall–Kier alpha value is -2.11. The molecule has 0 amide bonds. The zero-order valence-corrected chi connectivity index (χ0v) is 6.39. The Morgan fingerprint density at radius 3 is 3.00 bits per heavy atom. The number of fused-ring (bicyclic) bond motifs is 1. The number of rotatable bonds is 1. The van der Waals surface area contributed by atoms with Gasteiger partial charge in [0.05, 0.1) is 5.39 Å². The van der Waals surface area contributed by atoms with Crippen molar-refractivity contribution in [1.29, 1.82) is 0 Å². The highest BCUT2D eigenvalue weighted by molar-refractivity contribution is 6.05. The minimum atomic E-state index is -1.11. The summed E-state index contributed by atoms with van der Waals surface area (Å²) in [7, 11) is 0. The van der Waals surface area contributed by atoms with Gasteiger partial charge in [0.1, 0.15) is 24.0 Å². The topological polar surface area (TPSA) is 102 Å². The molecule has 0 aliphatic carbocycles. The Kier molecular flexibility index (Phi) is 1.42. The van der Waals surface area contributed by atoms with Crippen LogP contribution in [0.15, 0.2) is 17.0 Å². The molecule has 2 aromatic rings. The van der Waals surface area contributed by atoms with E-state index in [9.17, 15) is 4.79 Å². The molecule has 6 heteroatoms. The first-order chi connectivity index (χ1) is 6.20. The number of aromatic nitrogens is 2. The van der Waals surface area contributed by atoms with Gasteiger partial charge < -0.3 is 15.3 Å². The lowest BCUT2D eigenvalue weighted by Crippen LogP contribution is -1.98. The van der Waals surface area contributed by atoms with Gasteiger partial charge in [0, 0.05) is 0 Å². The minimum Gasteiger partial charge on any atom is -0.478 e. The Morgan fingerprint density at radius 1 is 1.54 bits per heavy atom. The molecule has 2 heterocycles. The molecule has 6 nitrogen and oxygen atoms in total. The molecule has 0 aliphatic heterocycles. The van der Waals surface area contributed by atoms with Gasteiger partial charge in [-0.3, -0.25) is 0 Å². The predicted octanol–water partition coefficient (Wildman–Crippen LogP) is 0.503. The van der Waals surface area contributed by atoms with E-state index < -0.39 is 5.97 Å². The van der Waals surface area contributed by atoms with Crippen molar-refractivity contribution < 1.29 is 14.3 Å². The zero-order valence-electron chi connectivity index (χ0n) is 6.39. The van der Waals surface area contributed by atoms with E-state index in [0.29, 0.717) is 0 Å². The lowest BCUT2D eigenvalue weighted by Gasteiger charge is -1.92. The fourth-order valence-electron chi connectivity index (χ4n) is 1.06. The van der Waals surface area contributed by atoms with Crippen molar-refractivity contribution >= 4 is 22.9 Å². The molecular formula is C7H5N3O3. The monoisotopic (exact) mass is 179 g/mol. The van der Waals surface area contributed by atoms with E-state index >= 15 is 0 Å². The number of carboxylic acid groups (broad SMARTS) is 1. The van der Waals surface area contributed by atoms with Gasteiger partial charge in [0.2, 0.25) is 5.71 Å². The first kappa shape index (κ1) is 7.53. The van der Waals surface area contributed by atoms with Gasteiger partial charge in [-0.15, -0.1) is 0 Å². The van der Waals surface area contributed by atoms with Crippen molar-refractivity contribution in [2.75, 3.05) is 5.73 Å². The van der Waals surface area contributed by atoms with E-state index in [1.165, 1.54) is 6.33 Å². The number of carboxylic acids is 1. The van der Waals surface area contributed by atoms with Gasteiger partial charge in [-0.05, 0) is 0 Å². The van der Waals surface area contributed by atoms with Crippen LogP contribution in [-0.2, 0) is 0 Å². The summed E-state index contributed by atoms with van der Waals surface area (Å²) < 4.78 is 4.88. The highest BCUT2D eigenvalue weighted by Crippen LogP contribution is 2.22. The highest BCUT2D eigenvalue weighted by atomic mass is 16.4. The molecule has 0 spiro atoms. The van der Waals surface area contributed by atoms with Crippen LogP contribution in [0.2, 0.25) is 0 Å². The number of hydrogen-bond donors (Lipinski definition) is 2. The van der Waals surface area contributed by atoms with Crippen LogP contribution in [0.1, 0.15) is 10.4 Å². The molecule has 0 bridgehead atoms. The summed E-state index contributed by atoms with van der Waals surface area (Å²) in [5.74, 6) is -1.00. The molecule has 0 saturated carbocycles. The molecule has 0 atom stereocenters. The van der Waals surface area contributed by atoms with Crippen molar-refractivity contribution in [2.24, 2.45) is 0 Å². The number of hydrogen-bond acceptors (Lipinski definition) is 5. The number of anilines is 1. The van der Waals surface area contributed by atoms with E-state index in [-0.39, 0.29) is 22.5 Å². The van der Waals surface area contributed by atoms with Crippen LogP contribution in [-0.4, -0.2) is 21.0 Å². The Morgan fingerprint density at radius 2 is 2.31 bits per heavy atom. The van der Waals surface area contributed by atoms with Crippen LogP contribution >= 0.6 is 0 Å². The average molecular weight is 179 g/mol. The van der Waals surface area contributed by atoms with Crippen molar-refractivity contribution in [3.8, 4) is 0 Å². The second-order valence-corrected chi connectivity index (χ2v) is 2.39. The van der Waals surface area contributed by atoms with Gasteiger partial charge in [-0.2, -0.15) is 0 Å². The Labute approximate surface area is 72.0 Å². The lowest BCUT2D eigenvalue weighted by molar-refractivity contribution is 0.0698. The van der Waals surface area contributed by atoms with Crippen LogP contribution in [0.25, 0.3) is 11.1 Å². The fraction of sp³-hybridized carbons (Fsp3) is 0. The number of nitrogens with zero attached hydrogens (tertiary/aromatic N) is 2. The van der Waals surface area contributed by atoms with E-state index in [1.807, 2.05) is 0 Å². The van der Waals surface area contributed by atoms with E-state index in [1.54, 1.807) is 0 Å². The first-order valence-electron chi connectivity index (χ1n) is 3.41. The predicted molar refractivity (Wildman–Crippen MR) is 43.2 cm³/mol. The van der Waals surface area contributed by atoms with Gasteiger partial charge in [-0.1, -0.05) is 0 Å². The van der Waals surface area contributed by atoms with Crippen LogP contribution in [0, 0.1) is 0 Å². The van der Waals surface area contributed by atoms with Gasteiger partial charge in [0.15, 0.2) is 0 Å². The molecule has 3 N–H and O–H groups in total. The fourth-order valence-corrected chi connectivity index (χ4v) is 1.06.